The molecule has 1 unspecified atom stereocenters. The summed E-state index contributed by atoms with van der Waals surface area (Å²) in [4.78, 5) is 0. The zero-order valence-corrected chi connectivity index (χ0v) is 14.2. The van der Waals surface area contributed by atoms with Gasteiger partial charge in [0.05, 0.1) is 13.2 Å². The van der Waals surface area contributed by atoms with Crippen molar-refractivity contribution in [2.45, 2.75) is 19.9 Å². The van der Waals surface area contributed by atoms with Gasteiger partial charge in [-0.15, -0.1) is 0 Å². The molecule has 0 aliphatic carbocycles. The fourth-order valence-corrected chi connectivity index (χ4v) is 2.94. The normalized spacial score (nSPS) is 12.3. The molecule has 0 radical (unpaired) electrons. The van der Waals surface area contributed by atoms with E-state index < -0.39 is 0 Å². The van der Waals surface area contributed by atoms with E-state index in [9.17, 15) is 4.39 Å². The van der Waals surface area contributed by atoms with E-state index >= 15 is 0 Å². The lowest BCUT2D eigenvalue weighted by Crippen LogP contribution is -2.20. The Morgan fingerprint density at radius 1 is 1.10 bits per heavy atom. The molecule has 0 heterocycles. The number of ether oxygens (including phenoxy) is 1. The minimum Gasteiger partial charge on any atom is -0.496 e. The number of halogens is 2. The van der Waals surface area contributed by atoms with Crippen LogP contribution in [0.4, 0.5) is 4.39 Å². The summed E-state index contributed by atoms with van der Waals surface area (Å²) in [5.74, 6) is 0.631. The molecule has 1 atom stereocenters. The molecular weight excluding hydrogens is 333 g/mol. The third-order valence-electron chi connectivity index (χ3n) is 3.65. The van der Waals surface area contributed by atoms with Crippen molar-refractivity contribution < 1.29 is 9.13 Å². The molecule has 21 heavy (non-hydrogen) atoms. The zero-order chi connectivity index (χ0) is 15.6. The van der Waals surface area contributed by atoms with E-state index in [1.807, 2.05) is 33.0 Å². The van der Waals surface area contributed by atoms with E-state index in [0.29, 0.717) is 5.56 Å². The molecule has 0 saturated heterocycles. The molecule has 0 bridgehead atoms. The van der Waals surface area contributed by atoms with Gasteiger partial charge in [-0.2, -0.15) is 0 Å². The van der Waals surface area contributed by atoms with Crippen LogP contribution in [0.25, 0.3) is 0 Å². The van der Waals surface area contributed by atoms with Crippen LogP contribution in [0, 0.1) is 19.7 Å². The third-order valence-corrected chi connectivity index (χ3v) is 4.15. The van der Waals surface area contributed by atoms with Crippen molar-refractivity contribution in [2.24, 2.45) is 0 Å². The summed E-state index contributed by atoms with van der Waals surface area (Å²) >= 11 is 3.41. The summed E-state index contributed by atoms with van der Waals surface area (Å²) in [7, 11) is 3.50. The van der Waals surface area contributed by atoms with Crippen LogP contribution in [0.3, 0.4) is 0 Å². The molecule has 2 aromatic carbocycles. The van der Waals surface area contributed by atoms with E-state index in [4.69, 9.17) is 4.74 Å². The Morgan fingerprint density at radius 2 is 1.81 bits per heavy atom. The second-order valence-corrected chi connectivity index (χ2v) is 5.98. The first-order chi connectivity index (χ1) is 9.97. The van der Waals surface area contributed by atoms with Gasteiger partial charge >= 0.3 is 0 Å². The maximum absolute atomic E-state index is 14.2. The van der Waals surface area contributed by atoms with Gasteiger partial charge < -0.3 is 10.1 Å². The Kier molecular flexibility index (Phi) is 5.01. The summed E-state index contributed by atoms with van der Waals surface area (Å²) in [6.07, 6.45) is 0. The lowest BCUT2D eigenvalue weighted by molar-refractivity contribution is 0.411. The van der Waals surface area contributed by atoms with Gasteiger partial charge in [0.15, 0.2) is 0 Å². The highest BCUT2D eigenvalue weighted by molar-refractivity contribution is 9.10. The first kappa shape index (κ1) is 16.0. The number of hydrogen-bond acceptors (Lipinski definition) is 2. The van der Waals surface area contributed by atoms with Crippen LogP contribution in [-0.4, -0.2) is 14.2 Å². The molecule has 0 amide bonds. The third kappa shape index (κ3) is 3.27. The first-order valence-electron chi connectivity index (χ1n) is 6.75. The molecule has 0 spiro atoms. The van der Waals surface area contributed by atoms with Gasteiger partial charge in [-0.05, 0) is 61.9 Å². The molecule has 0 aliphatic rings. The van der Waals surface area contributed by atoms with Gasteiger partial charge in [0.25, 0.3) is 0 Å². The van der Waals surface area contributed by atoms with Crippen LogP contribution in [-0.2, 0) is 0 Å². The van der Waals surface area contributed by atoms with Gasteiger partial charge in [-0.3, -0.25) is 0 Å². The molecule has 1 N–H and O–H groups in total. The summed E-state index contributed by atoms with van der Waals surface area (Å²) in [5, 5.41) is 3.21. The number of rotatable bonds is 4. The van der Waals surface area contributed by atoms with Crippen LogP contribution in [0.15, 0.2) is 34.8 Å². The Balaban J connectivity index is 2.56. The maximum Gasteiger partial charge on any atom is 0.128 e. The number of benzene rings is 2. The average molecular weight is 352 g/mol. The van der Waals surface area contributed by atoms with Crippen molar-refractivity contribution in [2.75, 3.05) is 14.2 Å². The Hall–Kier alpha value is -1.39. The van der Waals surface area contributed by atoms with Crippen LogP contribution in [0.2, 0.25) is 0 Å². The van der Waals surface area contributed by atoms with Crippen molar-refractivity contribution >= 4 is 15.9 Å². The second-order valence-electron chi connectivity index (χ2n) is 5.07. The van der Waals surface area contributed by atoms with Crippen molar-refractivity contribution in [1.29, 1.82) is 0 Å². The molecule has 112 valence electrons. The topological polar surface area (TPSA) is 21.3 Å². The average Bonchev–Trinajstić information content (AvgIpc) is 2.46. The largest absolute Gasteiger partial charge is 0.496 e. The summed E-state index contributed by atoms with van der Waals surface area (Å²) < 4.78 is 20.4. The van der Waals surface area contributed by atoms with Crippen molar-refractivity contribution in [3.63, 3.8) is 0 Å². The molecule has 0 saturated carbocycles. The van der Waals surface area contributed by atoms with E-state index in [1.165, 1.54) is 6.07 Å². The second kappa shape index (κ2) is 6.58. The number of aryl methyl sites for hydroxylation is 2. The highest BCUT2D eigenvalue weighted by Crippen LogP contribution is 2.32. The fraction of sp³-hybridized carbons (Fsp3) is 0.294. The molecule has 2 nitrogen and oxygen atoms in total. The highest BCUT2D eigenvalue weighted by Gasteiger charge is 2.19. The molecule has 2 rings (SSSR count). The maximum atomic E-state index is 14.2. The molecule has 2 aromatic rings. The van der Waals surface area contributed by atoms with Crippen molar-refractivity contribution in [1.82, 2.24) is 5.32 Å². The van der Waals surface area contributed by atoms with E-state index in [0.717, 1.165) is 26.9 Å². The monoisotopic (exact) mass is 351 g/mol. The quantitative estimate of drug-likeness (QED) is 0.873. The van der Waals surface area contributed by atoms with E-state index in [-0.39, 0.29) is 11.9 Å². The van der Waals surface area contributed by atoms with Gasteiger partial charge in [-0.1, -0.05) is 22.0 Å². The predicted molar refractivity (Wildman–Crippen MR) is 87.5 cm³/mol. The minimum atomic E-state index is -0.217. The summed E-state index contributed by atoms with van der Waals surface area (Å²) in [5.41, 5.74) is 3.78. The van der Waals surface area contributed by atoms with Crippen molar-refractivity contribution in [3.05, 3.63) is 62.9 Å². The summed E-state index contributed by atoms with van der Waals surface area (Å²) in [6.45, 7) is 4.00. The molecular formula is C17H19BrFNO. The van der Waals surface area contributed by atoms with Crippen LogP contribution >= 0.6 is 15.9 Å². The highest BCUT2D eigenvalue weighted by atomic mass is 79.9. The molecule has 0 aromatic heterocycles. The minimum absolute atomic E-state index is 0.202. The van der Waals surface area contributed by atoms with Gasteiger partial charge in [0, 0.05) is 10.0 Å². The number of hydrogen-bond donors (Lipinski definition) is 1. The lowest BCUT2D eigenvalue weighted by atomic mass is 9.93. The van der Waals surface area contributed by atoms with E-state index in [1.54, 1.807) is 13.2 Å². The first-order valence-corrected chi connectivity index (χ1v) is 7.54. The fourth-order valence-electron chi connectivity index (χ4n) is 2.56. The number of nitrogens with one attached hydrogen (secondary N) is 1. The SMILES string of the molecule is CNC(c1cc(C)c(OC)cc1C)c1cc(Br)ccc1F. The Morgan fingerprint density at radius 3 is 2.43 bits per heavy atom. The van der Waals surface area contributed by atoms with Crippen LogP contribution in [0.5, 0.6) is 5.75 Å². The molecule has 0 fully saturated rings. The molecule has 4 heteroatoms. The lowest BCUT2D eigenvalue weighted by Gasteiger charge is -2.22. The molecule has 0 aliphatic heterocycles. The number of methoxy groups -OCH3 is 1. The van der Waals surface area contributed by atoms with E-state index in [2.05, 4.69) is 27.3 Å². The Bertz CT molecular complexity index is 657. The van der Waals surface area contributed by atoms with Crippen LogP contribution < -0.4 is 10.1 Å². The van der Waals surface area contributed by atoms with Gasteiger partial charge in [0.1, 0.15) is 11.6 Å². The van der Waals surface area contributed by atoms with Gasteiger partial charge in [0.2, 0.25) is 0 Å². The summed E-state index contributed by atoms with van der Waals surface area (Å²) in [6, 6.07) is 8.84. The zero-order valence-electron chi connectivity index (χ0n) is 12.6. The smallest absolute Gasteiger partial charge is 0.128 e. The van der Waals surface area contributed by atoms with Crippen LogP contribution in [0.1, 0.15) is 28.3 Å². The Labute approximate surface area is 133 Å². The predicted octanol–water partition coefficient (Wildman–Crippen LogP) is 4.52. The van der Waals surface area contributed by atoms with Crippen molar-refractivity contribution in [3.8, 4) is 5.75 Å². The standard InChI is InChI=1S/C17H19BrFNO/c1-10-8-16(21-4)11(2)7-13(10)17(20-3)14-9-12(18)5-6-15(14)19/h5-9,17,20H,1-4H3. The van der Waals surface area contributed by atoms with Gasteiger partial charge in [-0.25, -0.2) is 4.39 Å².